The first-order valence-electron chi connectivity index (χ1n) is 9.56. The highest BCUT2D eigenvalue weighted by Gasteiger charge is 2.40. The maximum atomic E-state index is 12.3. The maximum Gasteiger partial charge on any atom is 0.193 e. The molecule has 28 heavy (non-hydrogen) atoms. The third-order valence-corrected chi connectivity index (χ3v) is 9.00. The largest absolute Gasteiger partial charge is 0.357 e. The van der Waals surface area contributed by atoms with Gasteiger partial charge in [-0.25, -0.2) is 16.8 Å². The van der Waals surface area contributed by atoms with Crippen LogP contribution in [0.3, 0.4) is 0 Å². The summed E-state index contributed by atoms with van der Waals surface area (Å²) in [5.74, 6) is 0.849. The lowest BCUT2D eigenvalue weighted by atomic mass is 10.2. The lowest BCUT2D eigenvalue weighted by Crippen LogP contribution is -2.57. The van der Waals surface area contributed by atoms with Crippen molar-refractivity contribution < 1.29 is 16.8 Å². The molecule has 1 fully saturated rings. The van der Waals surface area contributed by atoms with Gasteiger partial charge in [-0.15, -0.1) is 0 Å². The van der Waals surface area contributed by atoms with Crippen LogP contribution in [-0.2, 0) is 25.4 Å². The lowest BCUT2D eigenvalue weighted by molar-refractivity contribution is 0.353. The second-order valence-electron chi connectivity index (χ2n) is 7.67. The van der Waals surface area contributed by atoms with Crippen molar-refractivity contribution in [2.24, 2.45) is 4.99 Å². The van der Waals surface area contributed by atoms with E-state index in [-0.39, 0.29) is 17.3 Å². The van der Waals surface area contributed by atoms with Crippen molar-refractivity contribution in [1.29, 1.82) is 0 Å². The summed E-state index contributed by atoms with van der Waals surface area (Å²) in [6.45, 7) is 7.21. The predicted octanol–water partition coefficient (Wildman–Crippen LogP) is 1.47. The smallest absolute Gasteiger partial charge is 0.193 e. The van der Waals surface area contributed by atoms with Crippen LogP contribution in [0.5, 0.6) is 0 Å². The van der Waals surface area contributed by atoms with Crippen LogP contribution in [0.1, 0.15) is 32.8 Å². The molecule has 0 bridgehead atoms. The third kappa shape index (κ3) is 6.20. The summed E-state index contributed by atoms with van der Waals surface area (Å²) in [5, 5.41) is 3.19. The summed E-state index contributed by atoms with van der Waals surface area (Å²) < 4.78 is 48.1. The molecule has 0 spiro atoms. The van der Waals surface area contributed by atoms with Crippen LogP contribution in [0.15, 0.2) is 35.3 Å². The van der Waals surface area contributed by atoms with Crippen LogP contribution in [0.2, 0.25) is 0 Å². The zero-order valence-corrected chi connectivity index (χ0v) is 18.5. The van der Waals surface area contributed by atoms with Crippen molar-refractivity contribution in [3.63, 3.8) is 0 Å². The van der Waals surface area contributed by atoms with Crippen LogP contribution in [0.4, 0.5) is 0 Å². The molecule has 0 saturated carbocycles. The van der Waals surface area contributed by atoms with Crippen molar-refractivity contribution in [1.82, 2.24) is 10.2 Å². The molecule has 2 rings (SSSR count). The Balaban J connectivity index is 1.94. The molecule has 0 aliphatic carbocycles. The SMILES string of the molecule is CCNC(=NCCCS(=O)(=O)Cc1ccccc1)N1CCS(=O)(=O)C(C)(C)C1. The lowest BCUT2D eigenvalue weighted by Gasteiger charge is -2.39. The fraction of sp³-hybridized carbons (Fsp3) is 0.632. The molecule has 9 heteroatoms. The quantitative estimate of drug-likeness (QED) is 0.401. The van der Waals surface area contributed by atoms with Gasteiger partial charge in [0.25, 0.3) is 0 Å². The zero-order chi connectivity index (χ0) is 20.8. The van der Waals surface area contributed by atoms with Gasteiger partial charge < -0.3 is 10.2 Å². The topological polar surface area (TPSA) is 95.9 Å². The molecule has 0 atom stereocenters. The monoisotopic (exact) mass is 429 g/mol. The van der Waals surface area contributed by atoms with Crippen molar-refractivity contribution in [3.8, 4) is 0 Å². The van der Waals surface area contributed by atoms with Gasteiger partial charge in [0, 0.05) is 26.2 Å². The molecule has 1 aliphatic heterocycles. The zero-order valence-electron chi connectivity index (χ0n) is 16.9. The second kappa shape index (κ2) is 9.26. The Morgan fingerprint density at radius 3 is 2.54 bits per heavy atom. The summed E-state index contributed by atoms with van der Waals surface area (Å²) >= 11 is 0. The molecule has 0 radical (unpaired) electrons. The van der Waals surface area contributed by atoms with E-state index in [1.807, 2.05) is 42.2 Å². The molecular formula is C19H31N3O4S2. The number of guanidine groups is 1. The van der Waals surface area contributed by atoms with E-state index >= 15 is 0 Å². The second-order valence-corrected chi connectivity index (χ2v) is 12.6. The first-order chi connectivity index (χ1) is 13.1. The molecule has 1 aliphatic rings. The van der Waals surface area contributed by atoms with Crippen LogP contribution in [0, 0.1) is 0 Å². The summed E-state index contributed by atoms with van der Waals surface area (Å²) in [4.78, 5) is 6.48. The molecule has 1 aromatic carbocycles. The number of benzene rings is 1. The van der Waals surface area contributed by atoms with Gasteiger partial charge in [0.2, 0.25) is 0 Å². The summed E-state index contributed by atoms with van der Waals surface area (Å²) in [6.07, 6.45) is 0.430. The minimum absolute atomic E-state index is 0.0375. The Labute approximate surface area is 169 Å². The van der Waals surface area contributed by atoms with E-state index in [1.165, 1.54) is 0 Å². The third-order valence-electron chi connectivity index (χ3n) is 4.78. The number of nitrogens with zero attached hydrogens (tertiary/aromatic N) is 2. The van der Waals surface area contributed by atoms with Gasteiger partial charge in [0.1, 0.15) is 0 Å². The summed E-state index contributed by atoms with van der Waals surface area (Å²) in [7, 11) is -6.31. The highest BCUT2D eigenvalue weighted by molar-refractivity contribution is 7.92. The molecule has 0 unspecified atom stereocenters. The van der Waals surface area contributed by atoms with Crippen molar-refractivity contribution in [2.75, 3.05) is 37.7 Å². The van der Waals surface area contributed by atoms with Crippen molar-refractivity contribution in [2.45, 2.75) is 37.7 Å². The molecule has 1 heterocycles. The minimum Gasteiger partial charge on any atom is -0.357 e. The van der Waals surface area contributed by atoms with Crippen LogP contribution < -0.4 is 5.32 Å². The number of hydrogen-bond donors (Lipinski definition) is 1. The highest BCUT2D eigenvalue weighted by atomic mass is 32.2. The molecule has 1 saturated heterocycles. The molecule has 0 aromatic heterocycles. The summed E-state index contributed by atoms with van der Waals surface area (Å²) in [5.41, 5.74) is 0.788. The van der Waals surface area contributed by atoms with Gasteiger partial charge in [-0.3, -0.25) is 4.99 Å². The number of hydrogen-bond acceptors (Lipinski definition) is 5. The van der Waals surface area contributed by atoms with Crippen LogP contribution in [-0.4, -0.2) is 70.1 Å². The van der Waals surface area contributed by atoms with Crippen LogP contribution >= 0.6 is 0 Å². The van der Waals surface area contributed by atoms with E-state index < -0.39 is 24.4 Å². The maximum absolute atomic E-state index is 12.3. The van der Waals surface area contributed by atoms with Gasteiger partial charge in [0.05, 0.1) is 22.0 Å². The Hall–Kier alpha value is -1.61. The number of rotatable bonds is 7. The molecular weight excluding hydrogens is 398 g/mol. The van der Waals surface area contributed by atoms with Gasteiger partial charge in [-0.05, 0) is 32.8 Å². The van der Waals surface area contributed by atoms with E-state index in [9.17, 15) is 16.8 Å². The minimum atomic E-state index is -3.19. The molecule has 7 nitrogen and oxygen atoms in total. The van der Waals surface area contributed by atoms with Gasteiger partial charge >= 0.3 is 0 Å². The normalized spacial score (nSPS) is 19.4. The Kier molecular flexibility index (Phi) is 7.50. The Morgan fingerprint density at radius 1 is 1.25 bits per heavy atom. The van der Waals surface area contributed by atoms with Gasteiger partial charge in [0.15, 0.2) is 25.6 Å². The first kappa shape index (κ1) is 22.7. The molecule has 158 valence electrons. The first-order valence-corrected chi connectivity index (χ1v) is 13.0. The van der Waals surface area contributed by atoms with Gasteiger partial charge in [-0.2, -0.15) is 0 Å². The number of aliphatic imine (C=N–C) groups is 1. The number of nitrogens with one attached hydrogen (secondary N) is 1. The molecule has 0 amide bonds. The Morgan fingerprint density at radius 2 is 1.93 bits per heavy atom. The average molecular weight is 430 g/mol. The van der Waals surface area contributed by atoms with E-state index in [2.05, 4.69) is 10.3 Å². The predicted molar refractivity (Wildman–Crippen MR) is 114 cm³/mol. The Bertz CT molecular complexity index is 879. The van der Waals surface area contributed by atoms with E-state index in [1.54, 1.807) is 13.8 Å². The van der Waals surface area contributed by atoms with Gasteiger partial charge in [-0.1, -0.05) is 30.3 Å². The van der Waals surface area contributed by atoms with E-state index in [0.29, 0.717) is 38.6 Å². The van der Waals surface area contributed by atoms with Crippen molar-refractivity contribution in [3.05, 3.63) is 35.9 Å². The summed E-state index contributed by atoms with van der Waals surface area (Å²) in [6, 6.07) is 9.15. The van der Waals surface area contributed by atoms with Crippen LogP contribution in [0.25, 0.3) is 0 Å². The average Bonchev–Trinajstić information content (AvgIpc) is 2.60. The highest BCUT2D eigenvalue weighted by Crippen LogP contribution is 2.23. The molecule has 1 aromatic rings. The standard InChI is InChI=1S/C19H31N3O4S2/c1-4-20-18(22-12-14-28(25,26)19(2,3)16-22)21-11-8-13-27(23,24)15-17-9-6-5-7-10-17/h5-7,9-10H,4,8,11-16H2,1-3H3,(H,20,21). The van der Waals surface area contributed by atoms with E-state index in [0.717, 1.165) is 5.56 Å². The fourth-order valence-corrected chi connectivity index (χ4v) is 5.90. The fourth-order valence-electron chi connectivity index (χ4n) is 3.12. The molecule has 1 N–H and O–H groups in total. The van der Waals surface area contributed by atoms with Crippen molar-refractivity contribution >= 4 is 25.6 Å². The number of sulfone groups is 2. The van der Waals surface area contributed by atoms with E-state index in [4.69, 9.17) is 0 Å².